The van der Waals surface area contributed by atoms with E-state index in [9.17, 15) is 9.59 Å². The van der Waals surface area contributed by atoms with Gasteiger partial charge in [0.25, 0.3) is 11.5 Å². The number of amides is 1. The number of nitrogens with one attached hydrogen (secondary N) is 2. The molecule has 0 saturated carbocycles. The lowest BCUT2D eigenvalue weighted by molar-refractivity contribution is 0.0948. The topological polar surface area (TPSA) is 105 Å². The minimum atomic E-state index is -0.520. The fraction of sp³-hybridized carbons (Fsp3) is 0.105. The normalized spacial score (nSPS) is 10.9. The minimum Gasteiger partial charge on any atom is -0.346 e. The van der Waals surface area contributed by atoms with Gasteiger partial charge < -0.3 is 14.7 Å². The van der Waals surface area contributed by atoms with Crippen molar-refractivity contribution >= 4 is 11.6 Å². The summed E-state index contributed by atoms with van der Waals surface area (Å²) in [6.07, 6.45) is 6.66. The van der Waals surface area contributed by atoms with Gasteiger partial charge in [0.05, 0.1) is 12.2 Å². The zero-order valence-electron chi connectivity index (χ0n) is 14.5. The Kier molecular flexibility index (Phi) is 4.21. The average Bonchev–Trinajstić information content (AvgIpc) is 3.08. The van der Waals surface area contributed by atoms with Crippen LogP contribution < -0.4 is 10.9 Å². The molecule has 0 aliphatic carbocycles. The molecule has 0 atom stereocenters. The van der Waals surface area contributed by atoms with Gasteiger partial charge in [-0.2, -0.15) is 0 Å². The number of nitrogens with zero attached hydrogens (tertiary/aromatic N) is 4. The average molecular weight is 360 g/mol. The van der Waals surface area contributed by atoms with E-state index in [-0.39, 0.29) is 12.1 Å². The second kappa shape index (κ2) is 6.83. The second-order valence-corrected chi connectivity index (χ2v) is 6.08. The van der Waals surface area contributed by atoms with Gasteiger partial charge in [0.1, 0.15) is 16.9 Å². The van der Waals surface area contributed by atoms with E-state index in [1.807, 2.05) is 35.9 Å². The molecule has 0 aromatic carbocycles. The van der Waals surface area contributed by atoms with Crippen LogP contribution in [0.25, 0.3) is 17.2 Å². The van der Waals surface area contributed by atoms with Crippen molar-refractivity contribution in [2.45, 2.75) is 13.5 Å². The van der Waals surface area contributed by atoms with Crippen molar-refractivity contribution in [1.29, 1.82) is 0 Å². The fourth-order valence-electron chi connectivity index (χ4n) is 2.70. The highest BCUT2D eigenvalue weighted by Crippen LogP contribution is 2.09. The Morgan fingerprint density at radius 1 is 1.19 bits per heavy atom. The first kappa shape index (κ1) is 16.6. The molecular formula is C19H16N6O2. The smallest absolute Gasteiger partial charge is 0.264 e. The summed E-state index contributed by atoms with van der Waals surface area (Å²) in [7, 11) is 0. The van der Waals surface area contributed by atoms with E-state index in [2.05, 4.69) is 25.3 Å². The van der Waals surface area contributed by atoms with Crippen molar-refractivity contribution in [3.05, 3.63) is 82.3 Å². The number of aromatic amines is 1. The van der Waals surface area contributed by atoms with Crippen molar-refractivity contribution in [3.63, 3.8) is 0 Å². The van der Waals surface area contributed by atoms with Gasteiger partial charge in [-0.15, -0.1) is 0 Å². The molecule has 0 bridgehead atoms. The molecule has 4 heterocycles. The largest absolute Gasteiger partial charge is 0.346 e. The summed E-state index contributed by atoms with van der Waals surface area (Å²) in [5.74, 6) is -0.197. The summed E-state index contributed by atoms with van der Waals surface area (Å²) in [4.78, 5) is 39.9. The molecular weight excluding hydrogens is 344 g/mol. The monoisotopic (exact) mass is 360 g/mol. The molecule has 0 unspecified atom stereocenters. The predicted octanol–water partition coefficient (Wildman–Crippen LogP) is 1.72. The van der Waals surface area contributed by atoms with Gasteiger partial charge in [0.2, 0.25) is 0 Å². The maximum Gasteiger partial charge on any atom is 0.264 e. The Morgan fingerprint density at radius 3 is 2.85 bits per heavy atom. The van der Waals surface area contributed by atoms with E-state index in [0.29, 0.717) is 17.2 Å². The molecule has 2 N–H and O–H groups in total. The standard InChI is InChI=1S/C19H16N6O2/c1-12-5-6-16-23-13(11-25(16)10-12)8-22-18(26)14-9-21-17(24-19(14)27)15-4-2-3-7-20-15/h2-7,9-11H,8H2,1H3,(H,22,26)(H,21,24,27). The van der Waals surface area contributed by atoms with Gasteiger partial charge in [-0.3, -0.25) is 14.6 Å². The first-order valence-corrected chi connectivity index (χ1v) is 8.33. The number of carbonyl (C=O) groups is 1. The third kappa shape index (κ3) is 3.45. The van der Waals surface area contributed by atoms with E-state index in [1.54, 1.807) is 24.4 Å². The summed E-state index contributed by atoms with van der Waals surface area (Å²) in [5.41, 5.74) is 2.55. The number of H-pyrrole nitrogens is 1. The molecule has 4 rings (SSSR count). The van der Waals surface area contributed by atoms with Gasteiger partial charge in [0.15, 0.2) is 5.82 Å². The van der Waals surface area contributed by atoms with Crippen LogP contribution in [-0.2, 0) is 6.54 Å². The van der Waals surface area contributed by atoms with Crippen molar-refractivity contribution in [1.82, 2.24) is 29.7 Å². The van der Waals surface area contributed by atoms with Crippen LogP contribution in [0.4, 0.5) is 0 Å². The zero-order valence-corrected chi connectivity index (χ0v) is 14.5. The summed E-state index contributed by atoms with van der Waals surface area (Å²) in [6.45, 7) is 2.20. The number of pyridine rings is 2. The summed E-state index contributed by atoms with van der Waals surface area (Å²) in [6, 6.07) is 9.16. The SMILES string of the molecule is Cc1ccc2nc(CNC(=O)c3cnc(-c4ccccn4)[nH]c3=O)cn2c1. The fourth-order valence-corrected chi connectivity index (χ4v) is 2.70. The molecule has 1 amide bonds. The summed E-state index contributed by atoms with van der Waals surface area (Å²) >= 11 is 0. The molecule has 27 heavy (non-hydrogen) atoms. The molecule has 0 radical (unpaired) electrons. The lowest BCUT2D eigenvalue weighted by atomic mass is 10.3. The Balaban J connectivity index is 1.50. The molecule has 0 fully saturated rings. The molecule has 4 aromatic heterocycles. The van der Waals surface area contributed by atoms with Gasteiger partial charge in [0, 0.05) is 24.8 Å². The highest BCUT2D eigenvalue weighted by molar-refractivity contribution is 5.93. The number of aromatic nitrogens is 5. The van der Waals surface area contributed by atoms with E-state index in [4.69, 9.17) is 0 Å². The highest BCUT2D eigenvalue weighted by atomic mass is 16.2. The molecule has 8 heteroatoms. The van der Waals surface area contributed by atoms with E-state index >= 15 is 0 Å². The van der Waals surface area contributed by atoms with Crippen molar-refractivity contribution < 1.29 is 4.79 Å². The molecule has 8 nitrogen and oxygen atoms in total. The van der Waals surface area contributed by atoms with Crippen LogP contribution in [0.5, 0.6) is 0 Å². The van der Waals surface area contributed by atoms with Crippen LogP contribution in [0.2, 0.25) is 0 Å². The maximum absolute atomic E-state index is 12.3. The molecule has 0 aliphatic heterocycles. The van der Waals surface area contributed by atoms with Crippen molar-refractivity contribution in [3.8, 4) is 11.5 Å². The van der Waals surface area contributed by atoms with Crippen molar-refractivity contribution in [2.75, 3.05) is 0 Å². The third-order valence-electron chi connectivity index (χ3n) is 4.03. The Labute approximate surface area is 154 Å². The number of imidazole rings is 1. The Hall–Kier alpha value is -3.81. The van der Waals surface area contributed by atoms with Gasteiger partial charge in [-0.1, -0.05) is 12.1 Å². The van der Waals surface area contributed by atoms with Gasteiger partial charge in [-0.25, -0.2) is 9.97 Å². The van der Waals surface area contributed by atoms with Crippen LogP contribution in [0.3, 0.4) is 0 Å². The number of hydrogen-bond donors (Lipinski definition) is 2. The van der Waals surface area contributed by atoms with E-state index in [1.165, 1.54) is 6.20 Å². The second-order valence-electron chi connectivity index (χ2n) is 6.08. The highest BCUT2D eigenvalue weighted by Gasteiger charge is 2.13. The lowest BCUT2D eigenvalue weighted by Gasteiger charge is -2.04. The summed E-state index contributed by atoms with van der Waals surface area (Å²) in [5, 5.41) is 2.70. The molecule has 0 spiro atoms. The minimum absolute atomic E-state index is 0.0608. The Bertz CT molecular complexity index is 1180. The molecule has 0 saturated heterocycles. The number of rotatable bonds is 4. The summed E-state index contributed by atoms with van der Waals surface area (Å²) < 4.78 is 1.90. The molecule has 4 aromatic rings. The number of hydrogen-bond acceptors (Lipinski definition) is 5. The molecule has 0 aliphatic rings. The predicted molar refractivity (Wildman–Crippen MR) is 99.2 cm³/mol. The van der Waals surface area contributed by atoms with E-state index < -0.39 is 11.5 Å². The zero-order chi connectivity index (χ0) is 18.8. The maximum atomic E-state index is 12.3. The lowest BCUT2D eigenvalue weighted by Crippen LogP contribution is -2.29. The van der Waals surface area contributed by atoms with Crippen LogP contribution in [-0.4, -0.2) is 30.2 Å². The van der Waals surface area contributed by atoms with Crippen LogP contribution >= 0.6 is 0 Å². The van der Waals surface area contributed by atoms with E-state index in [0.717, 1.165) is 11.2 Å². The first-order chi connectivity index (χ1) is 13.1. The third-order valence-corrected chi connectivity index (χ3v) is 4.03. The van der Waals surface area contributed by atoms with Gasteiger partial charge in [-0.05, 0) is 30.7 Å². The van der Waals surface area contributed by atoms with Crippen molar-refractivity contribution in [2.24, 2.45) is 0 Å². The van der Waals surface area contributed by atoms with Crippen LogP contribution in [0, 0.1) is 6.92 Å². The molecule has 134 valence electrons. The van der Waals surface area contributed by atoms with Crippen LogP contribution in [0.15, 0.2) is 59.9 Å². The number of fused-ring (bicyclic) bond motifs is 1. The number of carbonyl (C=O) groups excluding carboxylic acids is 1. The van der Waals surface area contributed by atoms with Gasteiger partial charge >= 0.3 is 0 Å². The Morgan fingerprint density at radius 2 is 2.07 bits per heavy atom. The number of aryl methyl sites for hydroxylation is 1. The first-order valence-electron chi connectivity index (χ1n) is 8.33. The van der Waals surface area contributed by atoms with Crippen LogP contribution in [0.1, 0.15) is 21.6 Å². The quantitative estimate of drug-likeness (QED) is 0.576.